The van der Waals surface area contributed by atoms with Crippen LogP contribution in [-0.4, -0.2) is 46.7 Å². The predicted octanol–water partition coefficient (Wildman–Crippen LogP) is 0.875. The molecule has 1 aliphatic rings. The standard InChI is InChI=1S/C11H19NO4/c1-4-16-9-5-11(6-9,10(14)15)12(7-13)8(2)3/h7-9H,4-6H2,1-3H3,(H,14,15). The molecule has 1 saturated carbocycles. The van der Waals surface area contributed by atoms with Crippen molar-refractivity contribution in [1.82, 2.24) is 4.90 Å². The van der Waals surface area contributed by atoms with Gasteiger partial charge in [-0.15, -0.1) is 0 Å². The molecule has 0 heterocycles. The van der Waals surface area contributed by atoms with Crippen molar-refractivity contribution in [3.63, 3.8) is 0 Å². The molecule has 1 amide bonds. The van der Waals surface area contributed by atoms with Gasteiger partial charge in [-0.2, -0.15) is 0 Å². The maximum atomic E-state index is 11.3. The summed E-state index contributed by atoms with van der Waals surface area (Å²) in [5, 5.41) is 9.26. The van der Waals surface area contributed by atoms with Crippen LogP contribution in [0.1, 0.15) is 33.6 Å². The van der Waals surface area contributed by atoms with Gasteiger partial charge in [0, 0.05) is 25.5 Å². The van der Waals surface area contributed by atoms with Crippen molar-refractivity contribution in [2.75, 3.05) is 6.61 Å². The molecule has 0 aromatic heterocycles. The minimum Gasteiger partial charge on any atom is -0.479 e. The lowest BCUT2D eigenvalue weighted by Gasteiger charge is -2.50. The molecule has 0 aromatic carbocycles. The molecule has 92 valence electrons. The van der Waals surface area contributed by atoms with Crippen LogP contribution in [0.3, 0.4) is 0 Å². The zero-order valence-electron chi connectivity index (χ0n) is 9.97. The van der Waals surface area contributed by atoms with Crippen LogP contribution >= 0.6 is 0 Å². The fourth-order valence-electron chi connectivity index (χ4n) is 2.26. The van der Waals surface area contributed by atoms with Crippen LogP contribution < -0.4 is 0 Å². The molecule has 0 radical (unpaired) electrons. The Labute approximate surface area is 95.4 Å². The van der Waals surface area contributed by atoms with Crippen LogP contribution in [0.15, 0.2) is 0 Å². The summed E-state index contributed by atoms with van der Waals surface area (Å²) in [6.45, 7) is 6.07. The zero-order chi connectivity index (χ0) is 12.3. The summed E-state index contributed by atoms with van der Waals surface area (Å²) in [5.41, 5.74) is -1.06. The largest absolute Gasteiger partial charge is 0.479 e. The number of carboxylic acid groups (broad SMARTS) is 1. The van der Waals surface area contributed by atoms with Gasteiger partial charge in [0.15, 0.2) is 0 Å². The average molecular weight is 229 g/mol. The molecular formula is C11H19NO4. The number of aliphatic carboxylic acids is 1. The van der Waals surface area contributed by atoms with E-state index in [0.29, 0.717) is 25.9 Å². The topological polar surface area (TPSA) is 66.8 Å². The zero-order valence-corrected chi connectivity index (χ0v) is 9.97. The van der Waals surface area contributed by atoms with E-state index >= 15 is 0 Å². The second-order valence-corrected chi connectivity index (χ2v) is 4.43. The van der Waals surface area contributed by atoms with E-state index < -0.39 is 11.5 Å². The Bertz CT molecular complexity index is 271. The first kappa shape index (κ1) is 13.0. The highest BCUT2D eigenvalue weighted by molar-refractivity contribution is 5.83. The van der Waals surface area contributed by atoms with Gasteiger partial charge in [0.25, 0.3) is 0 Å². The molecule has 1 fully saturated rings. The third-order valence-electron chi connectivity index (χ3n) is 3.10. The summed E-state index contributed by atoms with van der Waals surface area (Å²) in [6.07, 6.45) is 1.35. The van der Waals surface area contributed by atoms with E-state index in [1.807, 2.05) is 20.8 Å². The summed E-state index contributed by atoms with van der Waals surface area (Å²) >= 11 is 0. The maximum Gasteiger partial charge on any atom is 0.329 e. The monoisotopic (exact) mass is 229 g/mol. The van der Waals surface area contributed by atoms with E-state index in [-0.39, 0.29) is 12.1 Å². The van der Waals surface area contributed by atoms with Gasteiger partial charge in [0.2, 0.25) is 6.41 Å². The molecule has 0 saturated heterocycles. The van der Waals surface area contributed by atoms with Crippen molar-refractivity contribution in [2.45, 2.75) is 51.3 Å². The van der Waals surface area contributed by atoms with Crippen molar-refractivity contribution < 1.29 is 19.4 Å². The van der Waals surface area contributed by atoms with Crippen LogP contribution in [0.5, 0.6) is 0 Å². The van der Waals surface area contributed by atoms with E-state index in [4.69, 9.17) is 4.74 Å². The van der Waals surface area contributed by atoms with Crippen molar-refractivity contribution >= 4 is 12.4 Å². The normalized spacial score (nSPS) is 28.6. The molecule has 5 nitrogen and oxygen atoms in total. The average Bonchev–Trinajstić information content (AvgIpc) is 2.13. The third kappa shape index (κ3) is 2.04. The number of rotatable bonds is 6. The number of amides is 1. The molecular weight excluding hydrogens is 210 g/mol. The molecule has 1 aliphatic carbocycles. The minimum absolute atomic E-state index is 0.0395. The Morgan fingerprint density at radius 1 is 1.62 bits per heavy atom. The van der Waals surface area contributed by atoms with E-state index in [1.165, 1.54) is 4.90 Å². The number of carbonyl (C=O) groups excluding carboxylic acids is 1. The van der Waals surface area contributed by atoms with Crippen LogP contribution in [-0.2, 0) is 14.3 Å². The summed E-state index contributed by atoms with van der Waals surface area (Å²) in [5.74, 6) is -0.941. The molecule has 0 bridgehead atoms. The predicted molar refractivity (Wildman–Crippen MR) is 58.1 cm³/mol. The molecule has 0 spiro atoms. The quantitative estimate of drug-likeness (QED) is 0.686. The van der Waals surface area contributed by atoms with Crippen molar-refractivity contribution in [2.24, 2.45) is 0 Å². The van der Waals surface area contributed by atoms with E-state index in [1.54, 1.807) is 0 Å². The number of carboxylic acids is 1. The van der Waals surface area contributed by atoms with E-state index in [0.717, 1.165) is 0 Å². The Morgan fingerprint density at radius 3 is 2.50 bits per heavy atom. The Balaban J connectivity index is 2.77. The van der Waals surface area contributed by atoms with E-state index in [9.17, 15) is 14.7 Å². The van der Waals surface area contributed by atoms with Crippen molar-refractivity contribution in [1.29, 1.82) is 0 Å². The lowest BCUT2D eigenvalue weighted by molar-refractivity contribution is -0.177. The van der Waals surface area contributed by atoms with Crippen LogP contribution in [0, 0.1) is 0 Å². The SMILES string of the molecule is CCOC1CC(C(=O)O)(N(C=O)C(C)C)C1. The van der Waals surface area contributed by atoms with Gasteiger partial charge in [0.05, 0.1) is 6.10 Å². The summed E-state index contributed by atoms with van der Waals surface area (Å²) in [6, 6.07) is -0.115. The third-order valence-corrected chi connectivity index (χ3v) is 3.10. The number of nitrogens with zero attached hydrogens (tertiary/aromatic N) is 1. The van der Waals surface area contributed by atoms with Crippen molar-refractivity contribution in [3.8, 4) is 0 Å². The molecule has 16 heavy (non-hydrogen) atoms. The second-order valence-electron chi connectivity index (χ2n) is 4.43. The Morgan fingerprint density at radius 2 is 2.19 bits per heavy atom. The highest BCUT2D eigenvalue weighted by Crippen LogP contribution is 2.40. The number of ether oxygens (including phenoxy) is 1. The number of hydrogen-bond acceptors (Lipinski definition) is 3. The lowest BCUT2D eigenvalue weighted by Crippen LogP contribution is -2.66. The summed E-state index contributed by atoms with van der Waals surface area (Å²) in [7, 11) is 0. The van der Waals surface area contributed by atoms with E-state index in [2.05, 4.69) is 0 Å². The molecule has 0 aromatic rings. The first-order valence-corrected chi connectivity index (χ1v) is 5.56. The second kappa shape index (κ2) is 4.82. The molecule has 1 N–H and O–H groups in total. The first-order chi connectivity index (χ1) is 7.47. The number of hydrogen-bond donors (Lipinski definition) is 1. The maximum absolute atomic E-state index is 11.3. The van der Waals surface area contributed by atoms with Gasteiger partial charge in [0.1, 0.15) is 5.54 Å². The summed E-state index contributed by atoms with van der Waals surface area (Å²) < 4.78 is 5.35. The van der Waals surface area contributed by atoms with Gasteiger partial charge < -0.3 is 14.7 Å². The molecule has 0 atom stereocenters. The highest BCUT2D eigenvalue weighted by atomic mass is 16.5. The Hall–Kier alpha value is -1.10. The minimum atomic E-state index is -1.06. The first-order valence-electron chi connectivity index (χ1n) is 5.56. The lowest BCUT2D eigenvalue weighted by atomic mass is 9.72. The molecule has 0 unspecified atom stereocenters. The van der Waals surface area contributed by atoms with Gasteiger partial charge in [-0.25, -0.2) is 4.79 Å². The summed E-state index contributed by atoms with van der Waals surface area (Å²) in [4.78, 5) is 23.7. The molecule has 5 heteroatoms. The van der Waals surface area contributed by atoms with Gasteiger partial charge in [-0.1, -0.05) is 0 Å². The fraction of sp³-hybridized carbons (Fsp3) is 0.818. The van der Waals surface area contributed by atoms with Gasteiger partial charge in [-0.3, -0.25) is 4.79 Å². The van der Waals surface area contributed by atoms with Crippen LogP contribution in [0.2, 0.25) is 0 Å². The van der Waals surface area contributed by atoms with Gasteiger partial charge in [-0.05, 0) is 20.8 Å². The van der Waals surface area contributed by atoms with Gasteiger partial charge >= 0.3 is 5.97 Å². The van der Waals surface area contributed by atoms with Crippen LogP contribution in [0.4, 0.5) is 0 Å². The fourth-order valence-corrected chi connectivity index (χ4v) is 2.26. The van der Waals surface area contributed by atoms with Crippen molar-refractivity contribution in [3.05, 3.63) is 0 Å². The Kier molecular flexibility index (Phi) is 3.91. The highest BCUT2D eigenvalue weighted by Gasteiger charge is 2.55. The molecule has 1 rings (SSSR count). The number of carbonyl (C=O) groups is 2. The molecule has 0 aliphatic heterocycles. The van der Waals surface area contributed by atoms with Crippen LogP contribution in [0.25, 0.3) is 0 Å². The smallest absolute Gasteiger partial charge is 0.329 e.